The Morgan fingerprint density at radius 2 is 2.00 bits per heavy atom. The molecule has 6 nitrogen and oxygen atoms in total. The van der Waals surface area contributed by atoms with Crippen LogP contribution in [-0.4, -0.2) is 25.2 Å². The van der Waals surface area contributed by atoms with Gasteiger partial charge in [0.25, 0.3) is 0 Å². The van der Waals surface area contributed by atoms with Crippen LogP contribution in [0.4, 0.5) is 0 Å². The van der Waals surface area contributed by atoms with Crippen LogP contribution in [0.15, 0.2) is 52.5 Å². The standard InChI is InChI=1S/C19H17NO5S/c1-22-15-8-13(9-16(10-15)23-2)5-6-18(21)24-11-14-12-25-19(20-14)17-4-3-7-26-17/h3-10,12H,11H2,1-2H3/b6-5+. The molecule has 134 valence electrons. The zero-order valence-electron chi connectivity index (χ0n) is 14.3. The molecule has 0 fully saturated rings. The molecule has 26 heavy (non-hydrogen) atoms. The lowest BCUT2D eigenvalue weighted by Crippen LogP contribution is -2.01. The molecule has 0 amide bonds. The number of carbonyl (C=O) groups excluding carboxylic acids is 1. The van der Waals surface area contributed by atoms with Gasteiger partial charge in [-0.3, -0.25) is 0 Å². The van der Waals surface area contributed by atoms with Gasteiger partial charge in [0.05, 0.1) is 19.1 Å². The number of benzene rings is 1. The molecule has 0 unspecified atom stereocenters. The predicted molar refractivity (Wildman–Crippen MR) is 98.2 cm³/mol. The lowest BCUT2D eigenvalue weighted by molar-refractivity contribution is -0.139. The van der Waals surface area contributed by atoms with Gasteiger partial charge in [-0.05, 0) is 35.2 Å². The van der Waals surface area contributed by atoms with Crippen LogP contribution in [0.2, 0.25) is 0 Å². The van der Waals surface area contributed by atoms with E-state index in [-0.39, 0.29) is 6.61 Å². The van der Waals surface area contributed by atoms with Crippen molar-refractivity contribution in [1.29, 1.82) is 0 Å². The number of hydrogen-bond acceptors (Lipinski definition) is 7. The summed E-state index contributed by atoms with van der Waals surface area (Å²) in [5.41, 5.74) is 1.32. The molecule has 3 rings (SSSR count). The largest absolute Gasteiger partial charge is 0.497 e. The van der Waals surface area contributed by atoms with E-state index in [0.717, 1.165) is 10.4 Å². The summed E-state index contributed by atoms with van der Waals surface area (Å²) >= 11 is 1.53. The fraction of sp³-hybridized carbons (Fsp3) is 0.158. The molecule has 0 atom stereocenters. The number of thiophene rings is 1. The van der Waals surface area contributed by atoms with Crippen LogP contribution >= 0.6 is 11.3 Å². The molecule has 0 aliphatic carbocycles. The molecule has 0 bridgehead atoms. The normalized spacial score (nSPS) is 10.8. The number of aromatic nitrogens is 1. The highest BCUT2D eigenvalue weighted by Crippen LogP contribution is 2.24. The zero-order chi connectivity index (χ0) is 18.4. The van der Waals surface area contributed by atoms with Crippen molar-refractivity contribution in [3.8, 4) is 22.3 Å². The molecule has 1 aromatic carbocycles. The van der Waals surface area contributed by atoms with E-state index >= 15 is 0 Å². The smallest absolute Gasteiger partial charge is 0.331 e. The van der Waals surface area contributed by atoms with Crippen LogP contribution < -0.4 is 9.47 Å². The Morgan fingerprint density at radius 1 is 1.23 bits per heavy atom. The first-order valence-electron chi connectivity index (χ1n) is 7.74. The summed E-state index contributed by atoms with van der Waals surface area (Å²) in [5.74, 6) is 1.32. The van der Waals surface area contributed by atoms with E-state index in [1.54, 1.807) is 38.5 Å². The lowest BCUT2D eigenvalue weighted by atomic mass is 10.2. The van der Waals surface area contributed by atoms with Crippen LogP contribution in [0.3, 0.4) is 0 Å². The van der Waals surface area contributed by atoms with E-state index in [4.69, 9.17) is 18.6 Å². The second kappa shape index (κ2) is 8.35. The van der Waals surface area contributed by atoms with Gasteiger partial charge in [-0.25, -0.2) is 9.78 Å². The van der Waals surface area contributed by atoms with Crippen molar-refractivity contribution >= 4 is 23.4 Å². The summed E-state index contributed by atoms with van der Waals surface area (Å²) in [6, 6.07) is 9.17. The number of oxazole rings is 1. The quantitative estimate of drug-likeness (QED) is 0.458. The number of ether oxygens (including phenoxy) is 3. The molecule has 0 radical (unpaired) electrons. The van der Waals surface area contributed by atoms with Crippen LogP contribution in [0, 0.1) is 0 Å². The van der Waals surface area contributed by atoms with Crippen LogP contribution in [0.1, 0.15) is 11.3 Å². The fourth-order valence-corrected chi connectivity index (χ4v) is 2.83. The first-order chi connectivity index (χ1) is 12.7. The van der Waals surface area contributed by atoms with Crippen molar-refractivity contribution < 1.29 is 23.4 Å². The van der Waals surface area contributed by atoms with E-state index in [1.807, 2.05) is 17.5 Å². The minimum absolute atomic E-state index is 0.0412. The van der Waals surface area contributed by atoms with E-state index in [2.05, 4.69) is 4.98 Å². The van der Waals surface area contributed by atoms with Gasteiger partial charge in [-0.15, -0.1) is 11.3 Å². The maximum atomic E-state index is 11.9. The van der Waals surface area contributed by atoms with Gasteiger partial charge in [0, 0.05) is 12.1 Å². The summed E-state index contributed by atoms with van der Waals surface area (Å²) < 4.78 is 21.0. The number of nitrogens with zero attached hydrogens (tertiary/aromatic N) is 1. The third kappa shape index (κ3) is 4.52. The van der Waals surface area contributed by atoms with Gasteiger partial charge < -0.3 is 18.6 Å². The predicted octanol–water partition coefficient (Wildman–Crippen LogP) is 4.18. The molecule has 0 spiro atoms. The first kappa shape index (κ1) is 17.8. The van der Waals surface area contributed by atoms with E-state index < -0.39 is 5.97 Å². The SMILES string of the molecule is COc1cc(/C=C/C(=O)OCc2coc(-c3cccs3)n2)cc(OC)c1. The van der Waals surface area contributed by atoms with Gasteiger partial charge >= 0.3 is 5.97 Å². The topological polar surface area (TPSA) is 70.8 Å². The Morgan fingerprint density at radius 3 is 2.65 bits per heavy atom. The minimum Gasteiger partial charge on any atom is -0.497 e. The summed E-state index contributed by atoms with van der Waals surface area (Å²) in [6.45, 7) is 0.0412. The molecular weight excluding hydrogens is 354 g/mol. The average molecular weight is 371 g/mol. The van der Waals surface area contributed by atoms with Crippen molar-refractivity contribution in [3.05, 3.63) is 59.3 Å². The third-order valence-electron chi connectivity index (χ3n) is 3.43. The highest BCUT2D eigenvalue weighted by atomic mass is 32.1. The summed E-state index contributed by atoms with van der Waals surface area (Å²) in [5, 5.41) is 1.94. The lowest BCUT2D eigenvalue weighted by Gasteiger charge is -2.05. The van der Waals surface area contributed by atoms with Crippen molar-refractivity contribution in [2.45, 2.75) is 6.61 Å². The molecule has 3 aromatic rings. The van der Waals surface area contributed by atoms with Crippen molar-refractivity contribution in [3.63, 3.8) is 0 Å². The second-order valence-corrected chi connectivity index (χ2v) is 6.16. The third-order valence-corrected chi connectivity index (χ3v) is 4.29. The van der Waals surface area contributed by atoms with Gasteiger partial charge in [0.1, 0.15) is 30.1 Å². The number of rotatable bonds is 7. The van der Waals surface area contributed by atoms with Crippen LogP contribution in [0.25, 0.3) is 16.8 Å². The van der Waals surface area contributed by atoms with Gasteiger partial charge in [0.2, 0.25) is 5.89 Å². The number of hydrogen-bond donors (Lipinski definition) is 0. The van der Waals surface area contributed by atoms with Gasteiger partial charge in [0.15, 0.2) is 0 Å². The Bertz CT molecular complexity index is 876. The van der Waals surface area contributed by atoms with E-state index in [9.17, 15) is 4.79 Å². The van der Waals surface area contributed by atoms with Crippen LogP contribution in [0.5, 0.6) is 11.5 Å². The highest BCUT2D eigenvalue weighted by molar-refractivity contribution is 7.13. The molecule has 0 saturated carbocycles. The highest BCUT2D eigenvalue weighted by Gasteiger charge is 2.09. The Labute approximate surface area is 154 Å². The Balaban J connectivity index is 1.58. The summed E-state index contributed by atoms with van der Waals surface area (Å²) in [7, 11) is 3.14. The van der Waals surface area contributed by atoms with E-state index in [1.165, 1.54) is 23.7 Å². The number of carbonyl (C=O) groups is 1. The summed E-state index contributed by atoms with van der Waals surface area (Å²) in [4.78, 5) is 17.1. The Hall–Kier alpha value is -3.06. The monoisotopic (exact) mass is 371 g/mol. The molecule has 0 aliphatic heterocycles. The van der Waals surface area contributed by atoms with Gasteiger partial charge in [-0.2, -0.15) is 0 Å². The number of esters is 1. The maximum absolute atomic E-state index is 11.9. The fourth-order valence-electron chi connectivity index (χ4n) is 2.17. The molecule has 2 heterocycles. The Kier molecular flexibility index (Phi) is 5.70. The van der Waals surface area contributed by atoms with Crippen LogP contribution in [-0.2, 0) is 16.1 Å². The average Bonchev–Trinajstić information content (AvgIpc) is 3.35. The zero-order valence-corrected chi connectivity index (χ0v) is 15.1. The molecule has 7 heteroatoms. The molecular formula is C19H17NO5S. The molecule has 0 aliphatic rings. The van der Waals surface area contributed by atoms with Crippen molar-refractivity contribution in [2.24, 2.45) is 0 Å². The maximum Gasteiger partial charge on any atom is 0.331 e. The molecule has 0 N–H and O–H groups in total. The summed E-state index contributed by atoms with van der Waals surface area (Å²) in [6.07, 6.45) is 4.46. The van der Waals surface area contributed by atoms with Crippen molar-refractivity contribution in [1.82, 2.24) is 4.98 Å². The minimum atomic E-state index is -0.479. The number of methoxy groups -OCH3 is 2. The van der Waals surface area contributed by atoms with Crippen molar-refractivity contribution in [2.75, 3.05) is 14.2 Å². The van der Waals surface area contributed by atoms with E-state index in [0.29, 0.717) is 23.1 Å². The van der Waals surface area contributed by atoms with Gasteiger partial charge in [-0.1, -0.05) is 6.07 Å². The first-order valence-corrected chi connectivity index (χ1v) is 8.62. The second-order valence-electron chi connectivity index (χ2n) is 5.21. The molecule has 2 aromatic heterocycles. The molecule has 0 saturated heterocycles.